The average molecular weight is 282 g/mol. The van der Waals surface area contributed by atoms with Crippen LogP contribution in [0.25, 0.3) is 0 Å². The van der Waals surface area contributed by atoms with Crippen LogP contribution in [0.15, 0.2) is 0 Å². The van der Waals surface area contributed by atoms with E-state index in [1.165, 1.54) is 25.7 Å². The Hall–Kier alpha value is -0.650. The molecule has 2 aliphatic carbocycles. The molecule has 0 bridgehead atoms. The molecule has 1 aliphatic heterocycles. The van der Waals surface area contributed by atoms with Crippen molar-refractivity contribution >= 4 is 5.91 Å². The highest BCUT2D eigenvalue weighted by Crippen LogP contribution is 2.54. The highest BCUT2D eigenvalue weighted by Gasteiger charge is 2.57. The first-order chi connectivity index (χ1) is 9.65. The summed E-state index contributed by atoms with van der Waals surface area (Å²) in [7, 11) is 0. The fraction of sp³-hybridized carbons (Fsp3) is 0.933. The van der Waals surface area contributed by atoms with E-state index in [0.717, 1.165) is 13.0 Å². The van der Waals surface area contributed by atoms with Crippen LogP contribution in [-0.4, -0.2) is 48.5 Å². The van der Waals surface area contributed by atoms with Crippen molar-refractivity contribution in [2.24, 2.45) is 5.41 Å². The molecule has 1 heterocycles. The Kier molecular flexibility index (Phi) is 4.02. The van der Waals surface area contributed by atoms with Gasteiger partial charge in [0.1, 0.15) is 0 Å². The maximum Gasteiger partial charge on any atom is 0.237 e. The zero-order valence-corrected chi connectivity index (χ0v) is 12.2. The molecular weight excluding hydrogens is 256 g/mol. The van der Waals surface area contributed by atoms with Crippen LogP contribution in [0.1, 0.15) is 45.4 Å². The Bertz CT molecular complexity index is 368. The minimum Gasteiger partial charge on any atom is -0.392 e. The van der Waals surface area contributed by atoms with Gasteiger partial charge in [0, 0.05) is 24.6 Å². The smallest absolute Gasteiger partial charge is 0.237 e. The second kappa shape index (κ2) is 5.62. The Labute approximate surface area is 120 Å². The Morgan fingerprint density at radius 1 is 1.40 bits per heavy atom. The van der Waals surface area contributed by atoms with Gasteiger partial charge < -0.3 is 20.5 Å². The predicted molar refractivity (Wildman–Crippen MR) is 75.3 cm³/mol. The molecule has 5 heteroatoms. The topological polar surface area (TPSA) is 70.6 Å². The highest BCUT2D eigenvalue weighted by atomic mass is 16.5. The summed E-state index contributed by atoms with van der Waals surface area (Å²) in [6, 6.07) is 0.0307. The number of aliphatic hydroxyl groups is 1. The molecule has 1 saturated heterocycles. The lowest BCUT2D eigenvalue weighted by Crippen LogP contribution is -2.65. The number of ether oxygens (including phenoxy) is 1. The van der Waals surface area contributed by atoms with Crippen molar-refractivity contribution in [1.29, 1.82) is 0 Å². The molecule has 4 atom stereocenters. The van der Waals surface area contributed by atoms with Gasteiger partial charge in [-0.3, -0.25) is 4.79 Å². The van der Waals surface area contributed by atoms with Gasteiger partial charge in [0.25, 0.3) is 0 Å². The number of nitrogens with one attached hydrogen (secondary N) is 2. The third kappa shape index (κ3) is 2.36. The van der Waals surface area contributed by atoms with Gasteiger partial charge in [0.2, 0.25) is 5.91 Å². The van der Waals surface area contributed by atoms with E-state index < -0.39 is 0 Å². The molecule has 3 N–H and O–H groups in total. The van der Waals surface area contributed by atoms with Gasteiger partial charge in [0.15, 0.2) is 0 Å². The molecule has 0 aromatic rings. The summed E-state index contributed by atoms with van der Waals surface area (Å²) in [6.07, 6.45) is 6.24. The van der Waals surface area contributed by atoms with E-state index in [1.54, 1.807) is 0 Å². The normalized spacial score (nSPS) is 38.9. The first-order valence-corrected chi connectivity index (χ1v) is 7.99. The monoisotopic (exact) mass is 282 g/mol. The summed E-state index contributed by atoms with van der Waals surface area (Å²) >= 11 is 0. The van der Waals surface area contributed by atoms with Crippen molar-refractivity contribution in [1.82, 2.24) is 10.6 Å². The molecule has 1 amide bonds. The molecule has 114 valence electrons. The minimum absolute atomic E-state index is 0.0489. The lowest BCUT2D eigenvalue weighted by atomic mass is 9.60. The van der Waals surface area contributed by atoms with Crippen LogP contribution in [0, 0.1) is 5.41 Å². The van der Waals surface area contributed by atoms with Crippen LogP contribution >= 0.6 is 0 Å². The molecule has 2 saturated carbocycles. The molecule has 4 unspecified atom stereocenters. The fourth-order valence-electron chi connectivity index (χ4n) is 4.28. The fourth-order valence-corrected chi connectivity index (χ4v) is 4.28. The Morgan fingerprint density at radius 3 is 2.75 bits per heavy atom. The summed E-state index contributed by atoms with van der Waals surface area (Å²) in [4.78, 5) is 12.3. The maximum absolute atomic E-state index is 12.3. The maximum atomic E-state index is 12.3. The third-order valence-electron chi connectivity index (χ3n) is 5.43. The standard InChI is InChI=1S/C15H26N2O3/c1-2-20-13-8-12(15(13)5-3-4-6-15)17-14(19)11-7-10(18)9-16-11/h10-13,16,18H,2-9H2,1H3,(H,17,19). The lowest BCUT2D eigenvalue weighted by Gasteiger charge is -2.54. The molecule has 3 rings (SSSR count). The number of aliphatic hydroxyl groups excluding tert-OH is 1. The van der Waals surface area contributed by atoms with E-state index in [4.69, 9.17) is 4.74 Å². The molecule has 3 fully saturated rings. The number of carbonyl (C=O) groups excluding carboxylic acids is 1. The van der Waals surface area contributed by atoms with Crippen LogP contribution < -0.4 is 10.6 Å². The largest absolute Gasteiger partial charge is 0.392 e. The molecule has 1 spiro atoms. The predicted octanol–water partition coefficient (Wildman–Crippen LogP) is 0.563. The van der Waals surface area contributed by atoms with Gasteiger partial charge in [-0.15, -0.1) is 0 Å². The van der Waals surface area contributed by atoms with Crippen LogP contribution in [0.5, 0.6) is 0 Å². The summed E-state index contributed by atoms with van der Waals surface area (Å²) in [5.41, 5.74) is 0.183. The zero-order chi connectivity index (χ0) is 14.2. The van der Waals surface area contributed by atoms with Crippen LogP contribution in [-0.2, 0) is 9.53 Å². The average Bonchev–Trinajstić information content (AvgIpc) is 3.07. The second-order valence-electron chi connectivity index (χ2n) is 6.53. The van der Waals surface area contributed by atoms with Gasteiger partial charge >= 0.3 is 0 Å². The summed E-state index contributed by atoms with van der Waals surface area (Å²) in [5, 5.41) is 15.8. The zero-order valence-electron chi connectivity index (χ0n) is 12.2. The van der Waals surface area contributed by atoms with Crippen molar-refractivity contribution in [3.8, 4) is 0 Å². The van der Waals surface area contributed by atoms with E-state index in [2.05, 4.69) is 10.6 Å². The minimum atomic E-state index is -0.385. The van der Waals surface area contributed by atoms with Crippen molar-refractivity contribution in [2.75, 3.05) is 13.2 Å². The van der Waals surface area contributed by atoms with Crippen molar-refractivity contribution in [2.45, 2.75) is 69.7 Å². The molecular formula is C15H26N2O3. The van der Waals surface area contributed by atoms with Gasteiger partial charge in [-0.25, -0.2) is 0 Å². The van der Waals surface area contributed by atoms with E-state index in [0.29, 0.717) is 19.1 Å². The number of hydrogen-bond donors (Lipinski definition) is 3. The first kappa shape index (κ1) is 14.3. The molecule has 3 aliphatic rings. The number of β-amino-alcohol motifs (C(OH)–C–C–N with tert-alkyl or cyclic N) is 1. The first-order valence-electron chi connectivity index (χ1n) is 7.99. The molecule has 0 aromatic heterocycles. The number of hydrogen-bond acceptors (Lipinski definition) is 4. The molecule has 0 radical (unpaired) electrons. The highest BCUT2D eigenvalue weighted by molar-refractivity contribution is 5.82. The van der Waals surface area contributed by atoms with Gasteiger partial charge in [-0.1, -0.05) is 12.8 Å². The summed E-state index contributed by atoms with van der Waals surface area (Å²) in [6.45, 7) is 3.32. The SMILES string of the molecule is CCOC1CC(NC(=O)C2CC(O)CN2)C12CCCC2. The third-order valence-corrected chi connectivity index (χ3v) is 5.43. The number of rotatable bonds is 4. The van der Waals surface area contributed by atoms with Crippen molar-refractivity contribution in [3.63, 3.8) is 0 Å². The van der Waals surface area contributed by atoms with Gasteiger partial charge in [-0.2, -0.15) is 0 Å². The van der Waals surface area contributed by atoms with E-state index in [1.807, 2.05) is 6.92 Å². The summed E-state index contributed by atoms with van der Waals surface area (Å²) in [5.74, 6) is 0.0489. The Balaban J connectivity index is 1.59. The van der Waals surface area contributed by atoms with Crippen LogP contribution in [0.2, 0.25) is 0 Å². The molecule has 5 nitrogen and oxygen atoms in total. The van der Waals surface area contributed by atoms with Gasteiger partial charge in [-0.05, 0) is 32.6 Å². The lowest BCUT2D eigenvalue weighted by molar-refractivity contribution is -0.145. The second-order valence-corrected chi connectivity index (χ2v) is 6.53. The molecule has 0 aromatic carbocycles. The van der Waals surface area contributed by atoms with Crippen molar-refractivity contribution < 1.29 is 14.6 Å². The van der Waals surface area contributed by atoms with E-state index in [-0.39, 0.29) is 29.5 Å². The van der Waals surface area contributed by atoms with Crippen LogP contribution in [0.4, 0.5) is 0 Å². The molecule has 20 heavy (non-hydrogen) atoms. The van der Waals surface area contributed by atoms with Crippen LogP contribution in [0.3, 0.4) is 0 Å². The number of amides is 1. The quantitative estimate of drug-likeness (QED) is 0.705. The van der Waals surface area contributed by atoms with E-state index in [9.17, 15) is 9.90 Å². The number of carbonyl (C=O) groups is 1. The van der Waals surface area contributed by atoms with E-state index >= 15 is 0 Å². The van der Waals surface area contributed by atoms with Crippen molar-refractivity contribution in [3.05, 3.63) is 0 Å². The summed E-state index contributed by atoms with van der Waals surface area (Å²) < 4.78 is 5.86. The van der Waals surface area contributed by atoms with Gasteiger partial charge in [0.05, 0.1) is 18.2 Å². The Morgan fingerprint density at radius 2 is 2.15 bits per heavy atom.